The van der Waals surface area contributed by atoms with Gasteiger partial charge in [-0.3, -0.25) is 0 Å². The van der Waals surface area contributed by atoms with Gasteiger partial charge in [-0.25, -0.2) is 0 Å². The van der Waals surface area contributed by atoms with Crippen LogP contribution >= 0.6 is 0 Å². The molecule has 0 unspecified atom stereocenters. The Kier molecular flexibility index (Phi) is 2.00. The van der Waals surface area contributed by atoms with E-state index in [9.17, 15) is 0 Å². The molecule has 0 aliphatic rings. The van der Waals surface area contributed by atoms with Crippen LogP contribution in [0.15, 0.2) is 41.1 Å². The summed E-state index contributed by atoms with van der Waals surface area (Å²) < 4.78 is 4.74. The van der Waals surface area contributed by atoms with Gasteiger partial charge in [0.2, 0.25) is 0 Å². The highest BCUT2D eigenvalue weighted by Crippen LogP contribution is 2.14. The quantitative estimate of drug-likeness (QED) is 0.707. The van der Waals surface area contributed by atoms with E-state index in [2.05, 4.69) is 5.16 Å². The van der Waals surface area contributed by atoms with Crippen LogP contribution in [-0.2, 0) is 6.42 Å². The molecule has 2 rings (SSSR count). The van der Waals surface area contributed by atoms with Gasteiger partial charge in [0, 0.05) is 18.2 Å². The summed E-state index contributed by atoms with van der Waals surface area (Å²) in [5.41, 5.74) is 8.56. The largest absolute Gasteiger partial charge is 0.398 e. The zero-order valence-electron chi connectivity index (χ0n) is 7.10. The third kappa shape index (κ3) is 1.69. The maximum absolute atomic E-state index is 5.78. The van der Waals surface area contributed by atoms with Crippen molar-refractivity contribution in [3.63, 3.8) is 0 Å². The summed E-state index contributed by atoms with van der Waals surface area (Å²) in [6.45, 7) is 0. The third-order valence-electron chi connectivity index (χ3n) is 1.92. The molecule has 3 heteroatoms. The third-order valence-corrected chi connectivity index (χ3v) is 1.92. The number of anilines is 1. The highest BCUT2D eigenvalue weighted by molar-refractivity contribution is 5.47. The van der Waals surface area contributed by atoms with Crippen molar-refractivity contribution in [1.82, 2.24) is 5.16 Å². The van der Waals surface area contributed by atoms with Crippen molar-refractivity contribution in [2.24, 2.45) is 0 Å². The van der Waals surface area contributed by atoms with Crippen LogP contribution in [0.4, 0.5) is 5.69 Å². The normalized spacial score (nSPS) is 10.2. The van der Waals surface area contributed by atoms with Crippen molar-refractivity contribution in [2.45, 2.75) is 6.42 Å². The van der Waals surface area contributed by atoms with Crippen molar-refractivity contribution in [3.8, 4) is 0 Å². The molecule has 0 saturated carbocycles. The van der Waals surface area contributed by atoms with E-state index in [1.807, 2.05) is 30.3 Å². The lowest BCUT2D eigenvalue weighted by Gasteiger charge is -2.01. The Morgan fingerprint density at radius 1 is 1.23 bits per heavy atom. The number of rotatable bonds is 2. The fourth-order valence-electron chi connectivity index (χ4n) is 1.22. The maximum atomic E-state index is 5.78. The first-order valence-electron chi connectivity index (χ1n) is 4.09. The second-order valence-electron chi connectivity index (χ2n) is 2.87. The van der Waals surface area contributed by atoms with Crippen LogP contribution in [0.25, 0.3) is 0 Å². The Morgan fingerprint density at radius 3 is 2.77 bits per heavy atom. The van der Waals surface area contributed by atoms with Crippen molar-refractivity contribution in [1.29, 1.82) is 0 Å². The number of hydrogen-bond acceptors (Lipinski definition) is 3. The lowest BCUT2D eigenvalue weighted by atomic mass is 10.1. The standard InChI is InChI=1S/C10H10N2O/c11-10-4-2-1-3-8(10)7-9-5-6-13-12-9/h1-6H,7,11H2. The smallest absolute Gasteiger partial charge is 0.124 e. The summed E-state index contributed by atoms with van der Waals surface area (Å²) in [5.74, 6) is 0. The summed E-state index contributed by atoms with van der Waals surface area (Å²) in [6, 6.07) is 9.60. The first-order chi connectivity index (χ1) is 6.36. The van der Waals surface area contributed by atoms with E-state index < -0.39 is 0 Å². The second kappa shape index (κ2) is 3.31. The van der Waals surface area contributed by atoms with Crippen molar-refractivity contribution < 1.29 is 4.52 Å². The van der Waals surface area contributed by atoms with E-state index >= 15 is 0 Å². The molecule has 1 aromatic heterocycles. The number of nitrogen functional groups attached to an aromatic ring is 1. The molecule has 66 valence electrons. The molecule has 1 aromatic carbocycles. The molecule has 0 atom stereocenters. The number of para-hydroxylation sites is 1. The minimum Gasteiger partial charge on any atom is -0.398 e. The molecule has 0 amide bonds. The molecular weight excluding hydrogens is 164 g/mol. The number of hydrogen-bond donors (Lipinski definition) is 1. The van der Waals surface area contributed by atoms with E-state index in [0.717, 1.165) is 23.4 Å². The second-order valence-corrected chi connectivity index (χ2v) is 2.87. The number of nitrogens with zero attached hydrogens (tertiary/aromatic N) is 1. The van der Waals surface area contributed by atoms with E-state index in [1.165, 1.54) is 0 Å². The number of nitrogens with two attached hydrogens (primary N) is 1. The topological polar surface area (TPSA) is 52.0 Å². The molecule has 13 heavy (non-hydrogen) atoms. The average molecular weight is 174 g/mol. The van der Waals surface area contributed by atoms with Gasteiger partial charge in [-0.05, 0) is 11.6 Å². The van der Waals surface area contributed by atoms with Crippen LogP contribution in [0.3, 0.4) is 0 Å². The van der Waals surface area contributed by atoms with E-state index in [-0.39, 0.29) is 0 Å². The van der Waals surface area contributed by atoms with Crippen LogP contribution in [0.1, 0.15) is 11.3 Å². The van der Waals surface area contributed by atoms with Gasteiger partial charge in [0.1, 0.15) is 6.26 Å². The van der Waals surface area contributed by atoms with Crippen LogP contribution in [-0.4, -0.2) is 5.16 Å². The molecule has 0 fully saturated rings. The van der Waals surface area contributed by atoms with E-state index in [1.54, 1.807) is 6.26 Å². The summed E-state index contributed by atoms with van der Waals surface area (Å²) >= 11 is 0. The Bertz CT molecular complexity index is 382. The molecule has 0 radical (unpaired) electrons. The van der Waals surface area contributed by atoms with Crippen LogP contribution in [0, 0.1) is 0 Å². The first-order valence-corrected chi connectivity index (χ1v) is 4.09. The SMILES string of the molecule is Nc1ccccc1Cc1ccon1. The molecule has 0 bridgehead atoms. The van der Waals surface area contributed by atoms with E-state index in [0.29, 0.717) is 0 Å². The van der Waals surface area contributed by atoms with Gasteiger partial charge in [-0.15, -0.1) is 0 Å². The molecule has 1 heterocycles. The van der Waals surface area contributed by atoms with Crippen LogP contribution in [0.2, 0.25) is 0 Å². The summed E-state index contributed by atoms with van der Waals surface area (Å²) in [4.78, 5) is 0. The summed E-state index contributed by atoms with van der Waals surface area (Å²) in [6.07, 6.45) is 2.29. The van der Waals surface area contributed by atoms with Gasteiger partial charge < -0.3 is 10.3 Å². The fourth-order valence-corrected chi connectivity index (χ4v) is 1.22. The molecular formula is C10H10N2O. The lowest BCUT2D eigenvalue weighted by molar-refractivity contribution is 0.413. The highest BCUT2D eigenvalue weighted by Gasteiger charge is 2.01. The summed E-state index contributed by atoms with van der Waals surface area (Å²) in [7, 11) is 0. The molecule has 2 aromatic rings. The Labute approximate surface area is 76.2 Å². The Hall–Kier alpha value is -1.77. The van der Waals surface area contributed by atoms with Crippen LogP contribution < -0.4 is 5.73 Å². The predicted octanol–water partition coefficient (Wildman–Crippen LogP) is 1.85. The van der Waals surface area contributed by atoms with Gasteiger partial charge >= 0.3 is 0 Å². The van der Waals surface area contributed by atoms with Gasteiger partial charge in [0.25, 0.3) is 0 Å². The predicted molar refractivity (Wildman–Crippen MR) is 50.2 cm³/mol. The Morgan fingerprint density at radius 2 is 2.08 bits per heavy atom. The average Bonchev–Trinajstić information content (AvgIpc) is 2.61. The molecule has 2 N–H and O–H groups in total. The first kappa shape index (κ1) is 7.86. The van der Waals surface area contributed by atoms with Gasteiger partial charge in [0.05, 0.1) is 5.69 Å². The number of benzene rings is 1. The molecule has 0 aliphatic carbocycles. The van der Waals surface area contributed by atoms with Gasteiger partial charge in [0.15, 0.2) is 0 Å². The molecule has 3 nitrogen and oxygen atoms in total. The monoisotopic (exact) mass is 174 g/mol. The van der Waals surface area contributed by atoms with Crippen molar-refractivity contribution in [3.05, 3.63) is 47.9 Å². The summed E-state index contributed by atoms with van der Waals surface area (Å²) in [5, 5.41) is 3.82. The zero-order chi connectivity index (χ0) is 9.10. The van der Waals surface area contributed by atoms with Crippen molar-refractivity contribution >= 4 is 5.69 Å². The fraction of sp³-hybridized carbons (Fsp3) is 0.100. The van der Waals surface area contributed by atoms with Gasteiger partial charge in [-0.2, -0.15) is 0 Å². The van der Waals surface area contributed by atoms with Gasteiger partial charge in [-0.1, -0.05) is 23.4 Å². The zero-order valence-corrected chi connectivity index (χ0v) is 7.10. The molecule has 0 aliphatic heterocycles. The van der Waals surface area contributed by atoms with Crippen molar-refractivity contribution in [2.75, 3.05) is 5.73 Å². The maximum Gasteiger partial charge on any atom is 0.124 e. The number of aromatic nitrogens is 1. The molecule has 0 saturated heterocycles. The molecule has 0 spiro atoms. The minimum atomic E-state index is 0.725. The lowest BCUT2D eigenvalue weighted by Crippen LogP contribution is -1.94. The minimum absolute atomic E-state index is 0.725. The van der Waals surface area contributed by atoms with Crippen LogP contribution in [0.5, 0.6) is 0 Å². The Balaban J connectivity index is 2.24. The highest BCUT2D eigenvalue weighted by atomic mass is 16.5. The van der Waals surface area contributed by atoms with E-state index in [4.69, 9.17) is 10.3 Å².